The molecule has 1 amide bonds. The molecular weight excluding hydrogens is 272 g/mol. The lowest BCUT2D eigenvalue weighted by Gasteiger charge is -2.02. The Morgan fingerprint density at radius 2 is 2.14 bits per heavy atom. The van der Waals surface area contributed by atoms with Crippen LogP contribution in [0.5, 0.6) is 0 Å². The summed E-state index contributed by atoms with van der Waals surface area (Å²) in [5.41, 5.74) is 1.46. The third kappa shape index (κ3) is 2.76. The predicted octanol–water partition coefficient (Wildman–Crippen LogP) is 1.70. The molecule has 0 saturated carbocycles. The zero-order chi connectivity index (χ0) is 14.8. The first kappa shape index (κ1) is 12.9. The van der Waals surface area contributed by atoms with Crippen LogP contribution in [0.15, 0.2) is 42.7 Å². The van der Waals surface area contributed by atoms with Gasteiger partial charge in [0, 0.05) is 34.9 Å². The van der Waals surface area contributed by atoms with Crippen LogP contribution in [0, 0.1) is 0 Å². The maximum Gasteiger partial charge on any atom is 0.325 e. The minimum absolute atomic E-state index is 0.245. The molecule has 2 heterocycles. The Kier molecular flexibility index (Phi) is 3.15. The highest BCUT2D eigenvalue weighted by molar-refractivity contribution is 6.05. The van der Waals surface area contributed by atoms with Crippen molar-refractivity contribution in [3.8, 4) is 0 Å². The van der Waals surface area contributed by atoms with Gasteiger partial charge >= 0.3 is 5.97 Å². The van der Waals surface area contributed by atoms with Gasteiger partial charge in [0.1, 0.15) is 6.54 Å². The molecule has 0 fully saturated rings. The zero-order valence-electron chi connectivity index (χ0n) is 10.9. The molecule has 0 atom stereocenters. The van der Waals surface area contributed by atoms with Crippen molar-refractivity contribution >= 4 is 28.6 Å². The number of anilines is 1. The van der Waals surface area contributed by atoms with Gasteiger partial charge in [-0.3, -0.25) is 14.3 Å². The van der Waals surface area contributed by atoms with Crippen molar-refractivity contribution in [2.75, 3.05) is 5.32 Å². The average molecular weight is 284 g/mol. The fraction of sp³-hybridized carbons (Fsp3) is 0.0714. The van der Waals surface area contributed by atoms with Gasteiger partial charge in [0.25, 0.3) is 5.91 Å². The van der Waals surface area contributed by atoms with E-state index in [1.807, 2.05) is 12.1 Å². The van der Waals surface area contributed by atoms with Gasteiger partial charge in [-0.15, -0.1) is 0 Å². The van der Waals surface area contributed by atoms with E-state index >= 15 is 0 Å². The van der Waals surface area contributed by atoms with Gasteiger partial charge in [0.2, 0.25) is 0 Å². The van der Waals surface area contributed by atoms with Gasteiger partial charge < -0.3 is 15.4 Å². The molecule has 0 aliphatic heterocycles. The van der Waals surface area contributed by atoms with Crippen LogP contribution in [0.1, 0.15) is 10.4 Å². The van der Waals surface area contributed by atoms with Crippen LogP contribution < -0.4 is 5.32 Å². The Hall–Kier alpha value is -3.09. The molecule has 3 N–H and O–H groups in total. The Bertz CT molecular complexity index is 818. The Labute approximate surface area is 119 Å². The summed E-state index contributed by atoms with van der Waals surface area (Å²) >= 11 is 0. The first-order valence-electron chi connectivity index (χ1n) is 6.25. The zero-order valence-corrected chi connectivity index (χ0v) is 10.9. The molecule has 0 radical (unpaired) electrons. The maximum atomic E-state index is 12.1. The van der Waals surface area contributed by atoms with Crippen molar-refractivity contribution < 1.29 is 14.7 Å². The molecule has 1 aromatic carbocycles. The van der Waals surface area contributed by atoms with E-state index < -0.39 is 5.97 Å². The van der Waals surface area contributed by atoms with Crippen molar-refractivity contribution in [3.63, 3.8) is 0 Å². The summed E-state index contributed by atoms with van der Waals surface area (Å²) in [5.74, 6) is -0.969. The van der Waals surface area contributed by atoms with Crippen molar-refractivity contribution in [1.29, 1.82) is 0 Å². The SMILES string of the molecule is O=C(O)Cn1ccc(NC(=O)c2ccc3[nH]ccc3c2)n1. The lowest BCUT2D eigenvalue weighted by atomic mass is 10.1. The summed E-state index contributed by atoms with van der Waals surface area (Å²) in [6.07, 6.45) is 3.30. The number of carbonyl (C=O) groups excluding carboxylic acids is 1. The monoisotopic (exact) mass is 284 g/mol. The van der Waals surface area contributed by atoms with Crippen molar-refractivity contribution in [3.05, 3.63) is 48.3 Å². The smallest absolute Gasteiger partial charge is 0.325 e. The van der Waals surface area contributed by atoms with E-state index in [9.17, 15) is 9.59 Å². The minimum atomic E-state index is -0.992. The van der Waals surface area contributed by atoms with Gasteiger partial charge in [-0.1, -0.05) is 0 Å². The van der Waals surface area contributed by atoms with E-state index in [4.69, 9.17) is 5.11 Å². The molecule has 3 rings (SSSR count). The topological polar surface area (TPSA) is 100 Å². The fourth-order valence-corrected chi connectivity index (χ4v) is 2.04. The maximum absolute atomic E-state index is 12.1. The summed E-state index contributed by atoms with van der Waals surface area (Å²) in [5, 5.41) is 16.2. The second-order valence-electron chi connectivity index (χ2n) is 4.53. The van der Waals surface area contributed by atoms with Gasteiger partial charge in [0.05, 0.1) is 0 Å². The number of carbonyl (C=O) groups is 2. The van der Waals surface area contributed by atoms with Crippen LogP contribution >= 0.6 is 0 Å². The summed E-state index contributed by atoms with van der Waals surface area (Å²) in [6.45, 7) is -0.245. The van der Waals surface area contributed by atoms with Crippen LogP contribution in [0.3, 0.4) is 0 Å². The number of carboxylic acid groups (broad SMARTS) is 1. The normalized spacial score (nSPS) is 10.7. The number of aliphatic carboxylic acids is 1. The third-order valence-corrected chi connectivity index (χ3v) is 3.00. The molecule has 3 aromatic rings. The van der Waals surface area contributed by atoms with Crippen LogP contribution in [0.4, 0.5) is 5.82 Å². The number of nitrogens with one attached hydrogen (secondary N) is 2. The highest BCUT2D eigenvalue weighted by Crippen LogP contribution is 2.15. The molecule has 0 aliphatic carbocycles. The molecule has 0 spiro atoms. The van der Waals surface area contributed by atoms with E-state index in [1.165, 1.54) is 10.9 Å². The number of hydrogen-bond donors (Lipinski definition) is 3. The number of benzene rings is 1. The molecule has 7 heteroatoms. The van der Waals surface area contributed by atoms with Crippen molar-refractivity contribution in [1.82, 2.24) is 14.8 Å². The van der Waals surface area contributed by atoms with E-state index in [0.29, 0.717) is 11.4 Å². The third-order valence-electron chi connectivity index (χ3n) is 3.00. The predicted molar refractivity (Wildman–Crippen MR) is 76.1 cm³/mol. The van der Waals surface area contributed by atoms with E-state index in [-0.39, 0.29) is 12.5 Å². The molecule has 21 heavy (non-hydrogen) atoms. The molecule has 106 valence electrons. The highest BCUT2D eigenvalue weighted by Gasteiger charge is 2.09. The minimum Gasteiger partial charge on any atom is -0.480 e. The first-order chi connectivity index (χ1) is 10.1. The van der Waals surface area contributed by atoms with Gasteiger partial charge in [-0.05, 0) is 24.3 Å². The van der Waals surface area contributed by atoms with Crippen LogP contribution in [-0.2, 0) is 11.3 Å². The molecule has 2 aromatic heterocycles. The number of H-pyrrole nitrogens is 1. The average Bonchev–Trinajstić information content (AvgIpc) is 3.06. The quantitative estimate of drug-likeness (QED) is 0.678. The van der Waals surface area contributed by atoms with Crippen molar-refractivity contribution in [2.45, 2.75) is 6.54 Å². The van der Waals surface area contributed by atoms with Gasteiger partial charge in [-0.2, -0.15) is 5.10 Å². The lowest BCUT2D eigenvalue weighted by molar-refractivity contribution is -0.137. The number of aromatic nitrogens is 3. The summed E-state index contributed by atoms with van der Waals surface area (Å²) < 4.78 is 1.24. The van der Waals surface area contributed by atoms with E-state index in [2.05, 4.69) is 15.4 Å². The first-order valence-corrected chi connectivity index (χ1v) is 6.25. The van der Waals surface area contributed by atoms with Gasteiger partial charge in [0.15, 0.2) is 5.82 Å². The molecule has 7 nitrogen and oxygen atoms in total. The van der Waals surface area contributed by atoms with Crippen molar-refractivity contribution in [2.24, 2.45) is 0 Å². The number of carboxylic acids is 1. The summed E-state index contributed by atoms with van der Waals surface area (Å²) in [6, 6.07) is 8.74. The standard InChI is InChI=1S/C14H12N4O3/c19-13(20)8-18-6-4-12(17-18)16-14(21)10-1-2-11-9(7-10)3-5-15-11/h1-7,15H,8H2,(H,19,20)(H,16,17,21). The Balaban J connectivity index is 1.76. The number of amides is 1. The van der Waals surface area contributed by atoms with Gasteiger partial charge in [-0.25, -0.2) is 0 Å². The van der Waals surface area contributed by atoms with E-state index in [1.54, 1.807) is 24.4 Å². The van der Waals surface area contributed by atoms with E-state index in [0.717, 1.165) is 10.9 Å². The Morgan fingerprint density at radius 3 is 2.95 bits per heavy atom. The Morgan fingerprint density at radius 1 is 1.29 bits per heavy atom. The molecular formula is C14H12N4O3. The second kappa shape index (κ2) is 5.12. The molecule has 0 unspecified atom stereocenters. The van der Waals surface area contributed by atoms with Crippen LogP contribution in [0.2, 0.25) is 0 Å². The van der Waals surface area contributed by atoms with Crippen LogP contribution in [0.25, 0.3) is 10.9 Å². The second-order valence-corrected chi connectivity index (χ2v) is 4.53. The molecule has 0 aliphatic rings. The van der Waals surface area contributed by atoms with Crippen LogP contribution in [-0.4, -0.2) is 31.7 Å². The summed E-state index contributed by atoms with van der Waals surface area (Å²) in [7, 11) is 0. The number of nitrogens with zero attached hydrogens (tertiary/aromatic N) is 2. The fourth-order valence-electron chi connectivity index (χ4n) is 2.04. The largest absolute Gasteiger partial charge is 0.480 e. The number of fused-ring (bicyclic) bond motifs is 1. The number of rotatable bonds is 4. The molecule has 0 bridgehead atoms. The number of hydrogen-bond acceptors (Lipinski definition) is 3. The summed E-state index contributed by atoms with van der Waals surface area (Å²) in [4.78, 5) is 25.7. The lowest BCUT2D eigenvalue weighted by Crippen LogP contribution is -2.13. The number of aromatic amines is 1. The highest BCUT2D eigenvalue weighted by atomic mass is 16.4. The molecule has 0 saturated heterocycles.